The highest BCUT2D eigenvalue weighted by Crippen LogP contribution is 2.38. The van der Waals surface area contributed by atoms with Gasteiger partial charge in [-0.1, -0.05) is 17.7 Å². The Hall–Kier alpha value is -1.46. The molecule has 0 bridgehead atoms. The summed E-state index contributed by atoms with van der Waals surface area (Å²) in [7, 11) is 3.06. The Morgan fingerprint density at radius 2 is 2.15 bits per heavy atom. The lowest BCUT2D eigenvalue weighted by molar-refractivity contribution is -0.140. The van der Waals surface area contributed by atoms with Gasteiger partial charge >= 0.3 is 5.97 Å². The minimum atomic E-state index is -0.816. The Labute approximate surface area is 122 Å². The quantitative estimate of drug-likeness (QED) is 0.808. The lowest BCUT2D eigenvalue weighted by Crippen LogP contribution is -2.38. The van der Waals surface area contributed by atoms with Crippen molar-refractivity contribution in [3.8, 4) is 11.5 Å². The third-order valence-corrected chi connectivity index (χ3v) is 3.85. The molecule has 1 fully saturated rings. The molecule has 1 saturated carbocycles. The van der Waals surface area contributed by atoms with Crippen molar-refractivity contribution in [1.82, 2.24) is 5.32 Å². The van der Waals surface area contributed by atoms with Gasteiger partial charge in [-0.3, -0.25) is 4.79 Å². The summed E-state index contributed by atoms with van der Waals surface area (Å²) in [6.07, 6.45) is 1.92. The van der Waals surface area contributed by atoms with Crippen LogP contribution in [0.25, 0.3) is 0 Å². The van der Waals surface area contributed by atoms with E-state index in [0.717, 1.165) is 18.4 Å². The molecule has 1 aromatic rings. The summed E-state index contributed by atoms with van der Waals surface area (Å²) < 4.78 is 10.4. The van der Waals surface area contributed by atoms with E-state index in [0.29, 0.717) is 23.1 Å². The SMILES string of the molecule is COc1ccc(CNC(C(=O)O)C2CC2)c(Cl)c1OC. The van der Waals surface area contributed by atoms with Gasteiger partial charge in [-0.05, 0) is 30.4 Å². The van der Waals surface area contributed by atoms with Crippen LogP contribution in [0.3, 0.4) is 0 Å². The number of hydrogen-bond donors (Lipinski definition) is 2. The summed E-state index contributed by atoms with van der Waals surface area (Å²) in [5, 5.41) is 12.7. The number of carboxylic acids is 1. The van der Waals surface area contributed by atoms with E-state index in [-0.39, 0.29) is 5.92 Å². The minimum absolute atomic E-state index is 0.228. The average molecular weight is 300 g/mol. The standard InChI is InChI=1S/C14H18ClNO4/c1-19-10-6-5-9(11(15)13(10)20-2)7-16-12(14(17)18)8-3-4-8/h5-6,8,12,16H,3-4,7H2,1-2H3,(H,17,18). The van der Waals surface area contributed by atoms with E-state index in [4.69, 9.17) is 21.1 Å². The van der Waals surface area contributed by atoms with Crippen LogP contribution in [0.2, 0.25) is 5.02 Å². The number of ether oxygens (including phenoxy) is 2. The highest BCUT2D eigenvalue weighted by atomic mass is 35.5. The molecular formula is C14H18ClNO4. The largest absolute Gasteiger partial charge is 0.493 e. The van der Waals surface area contributed by atoms with Gasteiger partial charge in [0.2, 0.25) is 0 Å². The molecule has 0 amide bonds. The molecule has 0 radical (unpaired) electrons. The van der Waals surface area contributed by atoms with Gasteiger partial charge < -0.3 is 19.9 Å². The number of halogens is 1. The zero-order chi connectivity index (χ0) is 14.7. The predicted octanol–water partition coefficient (Wildman–Crippen LogP) is 2.31. The molecule has 0 spiro atoms. The van der Waals surface area contributed by atoms with Gasteiger partial charge in [0.15, 0.2) is 11.5 Å². The Balaban J connectivity index is 2.11. The fourth-order valence-corrected chi connectivity index (χ4v) is 2.47. The minimum Gasteiger partial charge on any atom is -0.493 e. The Morgan fingerprint density at radius 3 is 2.65 bits per heavy atom. The maximum absolute atomic E-state index is 11.2. The van der Waals surface area contributed by atoms with Gasteiger partial charge in [-0.25, -0.2) is 0 Å². The topological polar surface area (TPSA) is 67.8 Å². The van der Waals surface area contributed by atoms with Crippen LogP contribution in [0.1, 0.15) is 18.4 Å². The molecule has 1 aliphatic carbocycles. The lowest BCUT2D eigenvalue weighted by atomic mass is 10.1. The number of benzene rings is 1. The molecule has 0 aliphatic heterocycles. The summed E-state index contributed by atoms with van der Waals surface area (Å²) in [5.41, 5.74) is 0.788. The molecule has 20 heavy (non-hydrogen) atoms. The summed E-state index contributed by atoms with van der Waals surface area (Å²) in [6, 6.07) is 3.05. The van der Waals surface area contributed by atoms with Crippen LogP contribution in [0, 0.1) is 5.92 Å². The van der Waals surface area contributed by atoms with E-state index in [9.17, 15) is 9.90 Å². The van der Waals surface area contributed by atoms with Gasteiger partial charge in [0.1, 0.15) is 6.04 Å². The van der Waals surface area contributed by atoms with Crippen molar-refractivity contribution in [2.45, 2.75) is 25.4 Å². The van der Waals surface area contributed by atoms with E-state index in [2.05, 4.69) is 5.32 Å². The number of rotatable bonds is 7. The van der Waals surface area contributed by atoms with Crippen LogP contribution in [0.4, 0.5) is 0 Å². The molecule has 6 heteroatoms. The number of aliphatic carboxylic acids is 1. The first-order valence-corrected chi connectivity index (χ1v) is 6.81. The van der Waals surface area contributed by atoms with Crippen molar-refractivity contribution in [3.05, 3.63) is 22.7 Å². The van der Waals surface area contributed by atoms with Gasteiger partial charge in [0.25, 0.3) is 0 Å². The normalized spacial score (nSPS) is 15.8. The molecule has 1 aliphatic rings. The van der Waals surface area contributed by atoms with Crippen LogP contribution in [0.5, 0.6) is 11.5 Å². The second kappa shape index (κ2) is 6.33. The summed E-state index contributed by atoms with van der Waals surface area (Å²) >= 11 is 6.26. The van der Waals surface area contributed by atoms with Crippen molar-refractivity contribution >= 4 is 17.6 Å². The van der Waals surface area contributed by atoms with E-state index in [1.807, 2.05) is 6.07 Å². The highest BCUT2D eigenvalue weighted by Gasteiger charge is 2.35. The van der Waals surface area contributed by atoms with Gasteiger partial charge in [-0.15, -0.1) is 0 Å². The predicted molar refractivity (Wildman–Crippen MR) is 75.5 cm³/mol. The van der Waals surface area contributed by atoms with Crippen molar-refractivity contribution in [2.75, 3.05) is 14.2 Å². The van der Waals surface area contributed by atoms with Crippen LogP contribution < -0.4 is 14.8 Å². The monoisotopic (exact) mass is 299 g/mol. The molecule has 0 aromatic heterocycles. The average Bonchev–Trinajstić information content (AvgIpc) is 3.24. The van der Waals surface area contributed by atoms with Crippen LogP contribution in [-0.4, -0.2) is 31.3 Å². The first-order chi connectivity index (χ1) is 9.58. The van der Waals surface area contributed by atoms with Crippen molar-refractivity contribution in [2.24, 2.45) is 5.92 Å². The number of nitrogens with one attached hydrogen (secondary N) is 1. The second-order valence-corrected chi connectivity index (χ2v) is 5.19. The zero-order valence-corrected chi connectivity index (χ0v) is 12.2. The van der Waals surface area contributed by atoms with Crippen LogP contribution in [-0.2, 0) is 11.3 Å². The zero-order valence-electron chi connectivity index (χ0n) is 11.5. The third kappa shape index (κ3) is 3.16. The maximum atomic E-state index is 11.2. The molecule has 1 aromatic carbocycles. The van der Waals surface area contributed by atoms with Crippen molar-refractivity contribution in [3.63, 3.8) is 0 Å². The number of carboxylic acid groups (broad SMARTS) is 1. The molecule has 5 nitrogen and oxygen atoms in total. The molecular weight excluding hydrogens is 282 g/mol. The maximum Gasteiger partial charge on any atom is 0.320 e. The first kappa shape index (κ1) is 14.9. The van der Waals surface area contributed by atoms with E-state index in [1.54, 1.807) is 13.2 Å². The Kier molecular flexibility index (Phi) is 4.73. The Morgan fingerprint density at radius 1 is 1.45 bits per heavy atom. The number of methoxy groups -OCH3 is 2. The Bertz CT molecular complexity index is 502. The van der Waals surface area contributed by atoms with Gasteiger partial charge in [-0.2, -0.15) is 0 Å². The van der Waals surface area contributed by atoms with Crippen molar-refractivity contribution < 1.29 is 19.4 Å². The summed E-state index contributed by atoms with van der Waals surface area (Å²) in [6.45, 7) is 0.382. The molecule has 110 valence electrons. The molecule has 0 saturated heterocycles. The fraction of sp³-hybridized carbons (Fsp3) is 0.500. The first-order valence-electron chi connectivity index (χ1n) is 6.44. The van der Waals surface area contributed by atoms with E-state index in [1.165, 1.54) is 7.11 Å². The summed E-state index contributed by atoms with van der Waals surface area (Å²) in [4.78, 5) is 11.2. The number of carbonyl (C=O) groups is 1. The molecule has 2 rings (SSSR count). The van der Waals surface area contributed by atoms with Crippen LogP contribution in [0.15, 0.2) is 12.1 Å². The third-order valence-electron chi connectivity index (χ3n) is 3.44. The summed E-state index contributed by atoms with van der Waals surface area (Å²) in [5.74, 6) is 0.431. The highest BCUT2D eigenvalue weighted by molar-refractivity contribution is 6.33. The lowest BCUT2D eigenvalue weighted by Gasteiger charge is -2.16. The molecule has 1 atom stereocenters. The van der Waals surface area contributed by atoms with Crippen LogP contribution >= 0.6 is 11.6 Å². The second-order valence-electron chi connectivity index (χ2n) is 4.81. The van der Waals surface area contributed by atoms with Gasteiger partial charge in [0.05, 0.1) is 19.2 Å². The number of hydrogen-bond acceptors (Lipinski definition) is 4. The molecule has 1 unspecified atom stereocenters. The van der Waals surface area contributed by atoms with Crippen molar-refractivity contribution in [1.29, 1.82) is 0 Å². The van der Waals surface area contributed by atoms with Gasteiger partial charge in [0, 0.05) is 6.54 Å². The van der Waals surface area contributed by atoms with E-state index >= 15 is 0 Å². The fourth-order valence-electron chi connectivity index (χ4n) is 2.17. The smallest absolute Gasteiger partial charge is 0.320 e. The van der Waals surface area contributed by atoms with E-state index < -0.39 is 12.0 Å². The molecule has 2 N–H and O–H groups in total. The molecule has 0 heterocycles.